The fraction of sp³-hybridized carbons (Fsp3) is 0.281. The molecule has 3 heterocycles. The Balaban J connectivity index is 0.00000423. The van der Waals surface area contributed by atoms with Crippen LogP contribution in [0.15, 0.2) is 76.6 Å². The lowest BCUT2D eigenvalue weighted by Gasteiger charge is -2.19. The zero-order valence-electron chi connectivity index (χ0n) is 24.7. The van der Waals surface area contributed by atoms with E-state index in [0.29, 0.717) is 29.9 Å². The van der Waals surface area contributed by atoms with Crippen molar-refractivity contribution >= 4 is 46.0 Å². The van der Waals surface area contributed by atoms with Gasteiger partial charge in [0.05, 0.1) is 5.69 Å². The summed E-state index contributed by atoms with van der Waals surface area (Å²) in [6.45, 7) is 8.99. The van der Waals surface area contributed by atoms with Gasteiger partial charge in [-0.25, -0.2) is 9.18 Å². The van der Waals surface area contributed by atoms with Crippen molar-refractivity contribution in [2.75, 3.05) is 11.9 Å². The van der Waals surface area contributed by atoms with E-state index in [2.05, 4.69) is 9.88 Å². The minimum Gasteiger partial charge on any atom is -1.00 e. The zero-order valence-corrected chi connectivity index (χ0v) is 27.1. The summed E-state index contributed by atoms with van der Waals surface area (Å²) in [4.78, 5) is 28.1. The van der Waals surface area contributed by atoms with E-state index in [9.17, 15) is 14.0 Å². The van der Waals surface area contributed by atoms with Crippen molar-refractivity contribution in [3.63, 3.8) is 0 Å². The van der Waals surface area contributed by atoms with E-state index in [1.165, 1.54) is 29.2 Å². The molecule has 2 aromatic carbocycles. The lowest BCUT2D eigenvalue weighted by atomic mass is 10.1. The summed E-state index contributed by atoms with van der Waals surface area (Å²) < 4.78 is 25.2. The Morgan fingerprint density at radius 3 is 2.47 bits per heavy atom. The average molecular weight is 641 g/mol. The number of benzene rings is 2. The number of ether oxygens (including phenoxy) is 1. The molecule has 43 heavy (non-hydrogen) atoms. The van der Waals surface area contributed by atoms with Crippen LogP contribution in [0.5, 0.6) is 0 Å². The van der Waals surface area contributed by atoms with E-state index in [-0.39, 0.29) is 23.8 Å². The smallest absolute Gasteiger partial charge is 0.407 e. The highest BCUT2D eigenvalue weighted by molar-refractivity contribution is 8.08. The van der Waals surface area contributed by atoms with Crippen LogP contribution in [0.25, 0.3) is 11.1 Å². The summed E-state index contributed by atoms with van der Waals surface area (Å²) in [7, 11) is 1.81. The molecule has 1 aliphatic rings. The van der Waals surface area contributed by atoms with Crippen LogP contribution in [-0.4, -0.2) is 23.3 Å². The molecular weight excluding hydrogens is 607 g/mol. The molecule has 0 spiro atoms. The molecule has 0 saturated carbocycles. The van der Waals surface area contributed by atoms with Gasteiger partial charge >= 0.3 is 6.09 Å². The summed E-state index contributed by atoms with van der Waals surface area (Å²) >= 11 is 2.85. The highest BCUT2D eigenvalue weighted by Crippen LogP contribution is 2.46. The number of aromatic nitrogens is 2. The van der Waals surface area contributed by atoms with Crippen LogP contribution in [0.2, 0.25) is 0 Å². The third-order valence-corrected chi connectivity index (χ3v) is 9.15. The largest absolute Gasteiger partial charge is 1.00 e. The number of carbonyl (C=O) groups is 1. The first-order chi connectivity index (χ1) is 20.0. The molecule has 0 fully saturated rings. The number of alkyl carbamates (subject to hydrolysis) is 1. The van der Waals surface area contributed by atoms with Gasteiger partial charge in [-0.15, -0.1) is 11.3 Å². The Kier molecular flexibility index (Phi) is 10.0. The number of anilines is 1. The Hall–Kier alpha value is -3.60. The number of nitrogens with one attached hydrogen (secondary N) is 1. The van der Waals surface area contributed by atoms with Gasteiger partial charge < -0.3 is 27.4 Å². The van der Waals surface area contributed by atoms with Crippen LogP contribution in [0.1, 0.15) is 44.5 Å². The number of hydrogen-bond donors (Lipinski definition) is 1. The number of pyridine rings is 1. The highest BCUT2D eigenvalue weighted by Gasteiger charge is 2.27. The maximum absolute atomic E-state index is 14.6. The summed E-state index contributed by atoms with van der Waals surface area (Å²) in [6.07, 6.45) is 3.61. The number of nitrogens with zero attached hydrogens (tertiary/aromatic N) is 3. The molecule has 0 aliphatic carbocycles. The number of thioether (sulfide) groups is 1. The van der Waals surface area contributed by atoms with Gasteiger partial charge in [-0.05, 0) is 51.5 Å². The molecular formula is C32H34ClFN4O3S2. The standard InChI is InChI=1S/C32H33FN4O3S2.ClH/c1-6-37-26(42-28(29(37)38)30-35(5)27-24(33)11-9-12-25(27)41-30)18-23-10-7-8-17-36(23)20-22-15-13-21(14-16-22)19-34-31(39)40-32(2,3)4;/h7-18H,6,19-20H2,1-5H3;1H/b30-28+;. The quantitative estimate of drug-likeness (QED) is 0.324. The highest BCUT2D eigenvalue weighted by atomic mass is 35.5. The van der Waals surface area contributed by atoms with Crippen molar-refractivity contribution in [3.05, 3.63) is 109 Å². The molecule has 0 radical (unpaired) electrons. The molecule has 226 valence electrons. The third-order valence-electron chi connectivity index (χ3n) is 6.68. The van der Waals surface area contributed by atoms with Gasteiger partial charge in [0.25, 0.3) is 5.56 Å². The molecule has 5 rings (SSSR count). The molecule has 0 saturated heterocycles. The van der Waals surface area contributed by atoms with Crippen LogP contribution < -0.4 is 41.9 Å². The number of amides is 1. The van der Waals surface area contributed by atoms with E-state index < -0.39 is 11.7 Å². The predicted molar refractivity (Wildman–Crippen MR) is 166 cm³/mol. The number of halogens is 2. The topological polar surface area (TPSA) is 67.5 Å². The van der Waals surface area contributed by atoms with Gasteiger partial charge in [-0.2, -0.15) is 4.57 Å². The van der Waals surface area contributed by atoms with Gasteiger partial charge in [-0.1, -0.05) is 42.1 Å². The molecule has 1 amide bonds. The molecule has 1 N–H and O–H groups in total. The molecule has 11 heteroatoms. The number of thiazole rings is 1. The lowest BCUT2D eigenvalue weighted by molar-refractivity contribution is -0.690. The molecule has 4 aromatic rings. The Labute approximate surface area is 264 Å². The van der Waals surface area contributed by atoms with Gasteiger partial charge in [0.2, 0.25) is 5.69 Å². The average Bonchev–Trinajstić information content (AvgIpc) is 3.44. The van der Waals surface area contributed by atoms with Crippen molar-refractivity contribution in [1.29, 1.82) is 0 Å². The van der Waals surface area contributed by atoms with E-state index in [0.717, 1.165) is 31.4 Å². The van der Waals surface area contributed by atoms with Crippen LogP contribution in [0.3, 0.4) is 0 Å². The number of hydrogen-bond acceptors (Lipinski definition) is 6. The Morgan fingerprint density at radius 2 is 1.79 bits per heavy atom. The second-order valence-electron chi connectivity index (χ2n) is 10.9. The van der Waals surface area contributed by atoms with E-state index in [1.54, 1.807) is 22.6 Å². The maximum Gasteiger partial charge on any atom is 0.407 e. The van der Waals surface area contributed by atoms with Crippen molar-refractivity contribution in [1.82, 2.24) is 9.88 Å². The molecule has 2 aromatic heterocycles. The molecule has 0 unspecified atom stereocenters. The van der Waals surface area contributed by atoms with Crippen molar-refractivity contribution in [2.24, 2.45) is 0 Å². The lowest BCUT2D eigenvalue weighted by Crippen LogP contribution is -3.00. The molecule has 0 bridgehead atoms. The van der Waals surface area contributed by atoms with Crippen LogP contribution in [-0.2, 0) is 24.4 Å². The Bertz CT molecular complexity index is 1810. The van der Waals surface area contributed by atoms with E-state index in [4.69, 9.17) is 4.74 Å². The minimum atomic E-state index is -0.540. The second-order valence-corrected chi connectivity index (χ2v) is 13.0. The summed E-state index contributed by atoms with van der Waals surface area (Å²) in [5.41, 5.74) is 2.92. The zero-order chi connectivity index (χ0) is 30.0. The number of fused-ring (bicyclic) bond motifs is 1. The monoisotopic (exact) mass is 640 g/mol. The first-order valence-electron chi connectivity index (χ1n) is 13.7. The maximum atomic E-state index is 14.6. The number of rotatable bonds is 6. The Morgan fingerprint density at radius 1 is 1.07 bits per heavy atom. The van der Waals surface area contributed by atoms with E-state index >= 15 is 0 Å². The summed E-state index contributed by atoms with van der Waals surface area (Å²) in [5.74, 6) is -0.297. The second kappa shape index (κ2) is 13.4. The van der Waals surface area contributed by atoms with Gasteiger partial charge in [0, 0.05) is 48.8 Å². The number of carbonyl (C=O) groups excluding carboxylic acids is 1. The first-order valence-corrected chi connectivity index (χ1v) is 15.4. The minimum absolute atomic E-state index is 0. The predicted octanol–water partition coefficient (Wildman–Crippen LogP) is 1.57. The van der Waals surface area contributed by atoms with Crippen LogP contribution in [0.4, 0.5) is 14.9 Å². The van der Waals surface area contributed by atoms with Gasteiger partial charge in [0.1, 0.15) is 25.6 Å². The van der Waals surface area contributed by atoms with Gasteiger partial charge in [0.15, 0.2) is 12.7 Å². The van der Waals surface area contributed by atoms with Crippen LogP contribution in [0, 0.1) is 5.82 Å². The van der Waals surface area contributed by atoms with Crippen molar-refractivity contribution < 1.29 is 30.9 Å². The molecule has 7 nitrogen and oxygen atoms in total. The summed E-state index contributed by atoms with van der Waals surface area (Å²) in [5, 5.41) is 3.53. The molecule has 0 atom stereocenters. The van der Waals surface area contributed by atoms with Gasteiger partial charge in [-0.3, -0.25) is 9.36 Å². The van der Waals surface area contributed by atoms with E-state index in [1.807, 2.05) is 88.5 Å². The number of para-hydroxylation sites is 1. The normalized spacial score (nSPS) is 14.4. The fourth-order valence-electron chi connectivity index (χ4n) is 4.68. The first kappa shape index (κ1) is 32.3. The third kappa shape index (κ3) is 7.31. The summed E-state index contributed by atoms with van der Waals surface area (Å²) in [6, 6.07) is 19.1. The SMILES string of the molecule is CCn1c(=O)/c(=C2\Sc3cccc(F)c3N2C)s/c1=C\c1cccc[n+]1Cc1ccc(CNC(=O)OC(C)(C)C)cc1.[Cl-]. The van der Waals surface area contributed by atoms with Crippen molar-refractivity contribution in [2.45, 2.75) is 57.8 Å². The van der Waals surface area contributed by atoms with Crippen LogP contribution >= 0.6 is 23.1 Å². The van der Waals surface area contributed by atoms with Crippen molar-refractivity contribution in [3.8, 4) is 0 Å². The molecule has 1 aliphatic heterocycles. The fourth-order valence-corrected chi connectivity index (χ4v) is 7.16.